The van der Waals surface area contributed by atoms with E-state index in [0.717, 1.165) is 17.1 Å². The monoisotopic (exact) mass is 446 g/mol. The van der Waals surface area contributed by atoms with E-state index in [-0.39, 0.29) is 29.9 Å². The molecule has 1 aliphatic rings. The Morgan fingerprint density at radius 3 is 2.26 bits per heavy atom. The molecule has 0 bridgehead atoms. The first-order valence-electron chi connectivity index (χ1n) is 8.25. The van der Waals surface area contributed by atoms with Crippen LogP contribution in [0.4, 0.5) is 0 Å². The van der Waals surface area contributed by atoms with Gasteiger partial charge < -0.3 is 5.32 Å². The number of carbonyl (C=O) groups excluding carboxylic acids is 1. The summed E-state index contributed by atoms with van der Waals surface area (Å²) in [5.41, 5.74) is 0.554. The summed E-state index contributed by atoms with van der Waals surface area (Å²) in [4.78, 5) is 12.3. The summed E-state index contributed by atoms with van der Waals surface area (Å²) in [6.07, 6.45) is 1.83. The van der Waals surface area contributed by atoms with E-state index in [0.29, 0.717) is 20.6 Å². The van der Waals surface area contributed by atoms with Gasteiger partial charge in [-0.15, -0.1) is 0 Å². The van der Waals surface area contributed by atoms with Gasteiger partial charge in [0, 0.05) is 27.7 Å². The van der Waals surface area contributed by atoms with E-state index in [1.165, 1.54) is 30.3 Å². The third-order valence-corrected chi connectivity index (χ3v) is 6.72. The van der Waals surface area contributed by atoms with Crippen LogP contribution in [0.1, 0.15) is 18.4 Å². The molecule has 0 aromatic heterocycles. The van der Waals surface area contributed by atoms with E-state index < -0.39 is 10.0 Å². The third-order valence-electron chi connectivity index (χ3n) is 4.08. The highest BCUT2D eigenvalue weighted by atomic mass is 35.5. The molecule has 144 valence electrons. The van der Waals surface area contributed by atoms with E-state index in [1.807, 2.05) is 0 Å². The number of hydrogen-bond donors (Lipinski definition) is 1. The second kappa shape index (κ2) is 8.37. The molecule has 3 rings (SSSR count). The molecule has 0 spiro atoms. The lowest BCUT2D eigenvalue weighted by Crippen LogP contribution is -2.41. The molecule has 0 atom stereocenters. The zero-order valence-corrected chi connectivity index (χ0v) is 17.2. The van der Waals surface area contributed by atoms with Crippen molar-refractivity contribution in [1.29, 1.82) is 0 Å². The first-order chi connectivity index (χ1) is 12.8. The SMILES string of the molecule is O=C(CN(Cc1ccc(Cl)cc1Cl)S(=O)(=O)c1ccc(Cl)cc1)NC1CC1. The minimum atomic E-state index is -3.93. The van der Waals surface area contributed by atoms with Crippen molar-refractivity contribution < 1.29 is 13.2 Å². The molecule has 0 aliphatic heterocycles. The van der Waals surface area contributed by atoms with Gasteiger partial charge in [-0.3, -0.25) is 4.79 Å². The van der Waals surface area contributed by atoms with Crippen molar-refractivity contribution in [3.05, 3.63) is 63.1 Å². The van der Waals surface area contributed by atoms with Gasteiger partial charge in [0.25, 0.3) is 0 Å². The molecular formula is C18H17Cl3N2O3S. The molecule has 0 saturated heterocycles. The van der Waals surface area contributed by atoms with Gasteiger partial charge in [-0.05, 0) is 54.8 Å². The molecule has 0 radical (unpaired) electrons. The summed E-state index contributed by atoms with van der Waals surface area (Å²) in [6, 6.07) is 10.7. The minimum Gasteiger partial charge on any atom is -0.352 e. The van der Waals surface area contributed by atoms with Crippen LogP contribution < -0.4 is 5.32 Å². The van der Waals surface area contributed by atoms with Crippen molar-refractivity contribution in [1.82, 2.24) is 9.62 Å². The number of carbonyl (C=O) groups is 1. The Morgan fingerprint density at radius 2 is 1.67 bits per heavy atom. The first kappa shape index (κ1) is 20.4. The first-order valence-corrected chi connectivity index (χ1v) is 10.8. The van der Waals surface area contributed by atoms with E-state index >= 15 is 0 Å². The van der Waals surface area contributed by atoms with Crippen molar-refractivity contribution in [2.75, 3.05) is 6.54 Å². The van der Waals surface area contributed by atoms with Crippen LogP contribution in [0.15, 0.2) is 47.4 Å². The maximum Gasteiger partial charge on any atom is 0.243 e. The van der Waals surface area contributed by atoms with Crippen LogP contribution in [0.25, 0.3) is 0 Å². The fraction of sp³-hybridized carbons (Fsp3) is 0.278. The number of halogens is 3. The highest BCUT2D eigenvalue weighted by molar-refractivity contribution is 7.89. The van der Waals surface area contributed by atoms with E-state index in [1.54, 1.807) is 12.1 Å². The van der Waals surface area contributed by atoms with E-state index in [9.17, 15) is 13.2 Å². The maximum absolute atomic E-state index is 13.1. The van der Waals surface area contributed by atoms with Gasteiger partial charge in [0.05, 0.1) is 11.4 Å². The number of nitrogens with one attached hydrogen (secondary N) is 1. The van der Waals surface area contributed by atoms with E-state index in [2.05, 4.69) is 5.32 Å². The molecule has 1 saturated carbocycles. The number of sulfonamides is 1. The lowest BCUT2D eigenvalue weighted by Gasteiger charge is -2.22. The van der Waals surface area contributed by atoms with E-state index in [4.69, 9.17) is 34.8 Å². The Kier molecular flexibility index (Phi) is 6.33. The maximum atomic E-state index is 13.1. The van der Waals surface area contributed by atoms with Gasteiger partial charge >= 0.3 is 0 Å². The number of benzene rings is 2. The zero-order valence-electron chi connectivity index (χ0n) is 14.2. The van der Waals surface area contributed by atoms with Gasteiger partial charge in [-0.1, -0.05) is 40.9 Å². The predicted molar refractivity (Wildman–Crippen MR) is 107 cm³/mol. The van der Waals surface area contributed by atoms with Crippen molar-refractivity contribution >= 4 is 50.7 Å². The van der Waals surface area contributed by atoms with Gasteiger partial charge in [0.15, 0.2) is 0 Å². The second-order valence-corrected chi connectivity index (χ2v) is 9.52. The normalized spacial score (nSPS) is 14.4. The summed E-state index contributed by atoms with van der Waals surface area (Å²) in [6.45, 7) is -0.362. The van der Waals surface area contributed by atoms with Crippen LogP contribution >= 0.6 is 34.8 Å². The Morgan fingerprint density at radius 1 is 1.04 bits per heavy atom. The highest BCUT2D eigenvalue weighted by Gasteiger charge is 2.30. The number of hydrogen-bond acceptors (Lipinski definition) is 3. The van der Waals surface area contributed by atoms with Crippen LogP contribution in [0.5, 0.6) is 0 Å². The highest BCUT2D eigenvalue weighted by Crippen LogP contribution is 2.26. The van der Waals surface area contributed by atoms with Crippen LogP contribution in [0.3, 0.4) is 0 Å². The van der Waals surface area contributed by atoms with Gasteiger partial charge in [-0.25, -0.2) is 8.42 Å². The van der Waals surface area contributed by atoms with Gasteiger partial charge in [-0.2, -0.15) is 4.31 Å². The molecule has 0 heterocycles. The number of rotatable bonds is 7. The minimum absolute atomic E-state index is 0.0520. The van der Waals surface area contributed by atoms with Crippen molar-refractivity contribution in [3.8, 4) is 0 Å². The molecule has 2 aromatic rings. The number of amides is 1. The fourth-order valence-corrected chi connectivity index (χ4v) is 4.45. The second-order valence-electron chi connectivity index (χ2n) is 6.30. The van der Waals surface area contributed by atoms with Crippen LogP contribution in [-0.4, -0.2) is 31.2 Å². The molecule has 5 nitrogen and oxygen atoms in total. The van der Waals surface area contributed by atoms with Gasteiger partial charge in [0.2, 0.25) is 15.9 Å². The molecule has 1 fully saturated rings. The summed E-state index contributed by atoms with van der Waals surface area (Å²) >= 11 is 18.0. The Balaban J connectivity index is 1.90. The topological polar surface area (TPSA) is 66.5 Å². The summed E-state index contributed by atoms with van der Waals surface area (Å²) in [5, 5.41) is 4.01. The van der Waals surface area contributed by atoms with Gasteiger partial charge in [0.1, 0.15) is 0 Å². The van der Waals surface area contributed by atoms with Crippen molar-refractivity contribution in [3.63, 3.8) is 0 Å². The summed E-state index contributed by atoms with van der Waals surface area (Å²) in [7, 11) is -3.93. The molecule has 2 aromatic carbocycles. The lowest BCUT2D eigenvalue weighted by atomic mass is 10.2. The summed E-state index contributed by atoms with van der Waals surface area (Å²) < 4.78 is 27.3. The third kappa shape index (κ3) is 5.36. The van der Waals surface area contributed by atoms with Crippen LogP contribution in [0, 0.1) is 0 Å². The molecule has 9 heteroatoms. The quantitative estimate of drug-likeness (QED) is 0.694. The predicted octanol–water partition coefficient (Wildman–Crippen LogP) is 4.12. The Labute approximate surface area is 173 Å². The van der Waals surface area contributed by atoms with Crippen molar-refractivity contribution in [2.24, 2.45) is 0 Å². The van der Waals surface area contributed by atoms with Crippen molar-refractivity contribution in [2.45, 2.75) is 30.3 Å². The molecular weight excluding hydrogens is 431 g/mol. The standard InChI is InChI=1S/C18H17Cl3N2O3S/c19-13-3-7-16(8-4-13)27(25,26)23(11-18(24)22-15-5-6-15)10-12-1-2-14(20)9-17(12)21/h1-4,7-9,15H,5-6,10-11H2,(H,22,24). The molecule has 1 amide bonds. The lowest BCUT2D eigenvalue weighted by molar-refractivity contribution is -0.121. The molecule has 1 aliphatic carbocycles. The fourth-order valence-electron chi connectivity index (χ4n) is 2.48. The molecule has 0 unspecified atom stereocenters. The van der Waals surface area contributed by atoms with Crippen LogP contribution in [-0.2, 0) is 21.4 Å². The Bertz CT molecular complexity index is 945. The molecule has 27 heavy (non-hydrogen) atoms. The number of nitrogens with zero attached hydrogens (tertiary/aromatic N) is 1. The van der Waals surface area contributed by atoms with Crippen LogP contribution in [0.2, 0.25) is 15.1 Å². The smallest absolute Gasteiger partial charge is 0.243 e. The largest absolute Gasteiger partial charge is 0.352 e. The Hall–Kier alpha value is -1.31. The average Bonchev–Trinajstić information content (AvgIpc) is 3.40. The molecule has 1 N–H and O–H groups in total. The average molecular weight is 448 g/mol. The zero-order chi connectivity index (χ0) is 19.6. The summed E-state index contributed by atoms with van der Waals surface area (Å²) in [5.74, 6) is -0.347.